The normalized spacial score (nSPS) is 11.2. The minimum absolute atomic E-state index is 0.0971. The molecule has 0 bridgehead atoms. The Morgan fingerprint density at radius 3 is 2.83 bits per heavy atom. The molecule has 1 aromatic carbocycles. The van der Waals surface area contributed by atoms with Crippen molar-refractivity contribution in [3.05, 3.63) is 60.4 Å². The Labute approximate surface area is 170 Å². The van der Waals surface area contributed by atoms with Crippen LogP contribution in [0.1, 0.15) is 24.4 Å². The number of H-pyrrole nitrogens is 1. The number of anilines is 2. The molecule has 0 atom stereocenters. The maximum absolute atomic E-state index is 13.0. The number of aromatic nitrogens is 3. The third-order valence-electron chi connectivity index (χ3n) is 3.94. The van der Waals surface area contributed by atoms with Gasteiger partial charge in [0.05, 0.1) is 17.4 Å². The van der Waals surface area contributed by atoms with Crippen molar-refractivity contribution in [3.63, 3.8) is 0 Å². The molecule has 0 saturated heterocycles. The molecule has 0 radical (unpaired) electrons. The van der Waals surface area contributed by atoms with Gasteiger partial charge in [-0.15, -0.1) is 0 Å². The number of carbonyl (C=O) groups is 1. The fraction of sp³-hybridized carbons (Fsp3) is 0.150. The number of nitrogens with zero attached hydrogens (tertiary/aromatic N) is 2. The Kier molecular flexibility index (Phi) is 5.22. The fourth-order valence-corrected chi connectivity index (χ4v) is 3.14. The van der Waals surface area contributed by atoms with E-state index in [2.05, 4.69) is 38.8 Å². The Balaban J connectivity index is 1.55. The molecule has 9 heteroatoms. The number of furan rings is 1. The van der Waals surface area contributed by atoms with E-state index in [4.69, 9.17) is 4.42 Å². The first-order valence-corrected chi connectivity index (χ1v) is 9.80. The number of carbonyl (C=O) groups excluding carboxylic acids is 1. The van der Waals surface area contributed by atoms with Crippen molar-refractivity contribution >= 4 is 40.4 Å². The van der Waals surface area contributed by atoms with Crippen molar-refractivity contribution in [3.8, 4) is 11.4 Å². The zero-order valence-corrected chi connectivity index (χ0v) is 16.5. The Hall–Kier alpha value is -3.33. The summed E-state index contributed by atoms with van der Waals surface area (Å²) in [7, 11) is 0. The van der Waals surface area contributed by atoms with E-state index in [1.165, 1.54) is 6.07 Å². The van der Waals surface area contributed by atoms with E-state index in [0.29, 0.717) is 22.4 Å². The summed E-state index contributed by atoms with van der Waals surface area (Å²) in [5.41, 5.74) is 3.60. The zero-order chi connectivity index (χ0) is 20.4. The van der Waals surface area contributed by atoms with Crippen molar-refractivity contribution in [1.82, 2.24) is 15.0 Å². The van der Waals surface area contributed by atoms with E-state index < -0.39 is 11.9 Å². The molecule has 148 valence electrons. The van der Waals surface area contributed by atoms with Gasteiger partial charge in [0.15, 0.2) is 11.4 Å². The molecule has 7 nitrogen and oxygen atoms in total. The average Bonchev–Trinajstić information content (AvgIpc) is 3.32. The van der Waals surface area contributed by atoms with Gasteiger partial charge in [0.2, 0.25) is 0 Å². The van der Waals surface area contributed by atoms with Gasteiger partial charge in [-0.2, -0.15) is 4.39 Å². The number of fused-ring (bicyclic) bond motifs is 1. The van der Waals surface area contributed by atoms with Crippen LogP contribution in [0.5, 0.6) is 0 Å². The number of benzene rings is 1. The molecule has 0 aliphatic heterocycles. The van der Waals surface area contributed by atoms with Crippen molar-refractivity contribution in [2.45, 2.75) is 19.1 Å². The number of amides is 1. The van der Waals surface area contributed by atoms with Crippen molar-refractivity contribution in [2.24, 2.45) is 0 Å². The van der Waals surface area contributed by atoms with E-state index in [1.807, 2.05) is 12.1 Å². The molecular weight excluding hydrogens is 393 g/mol. The Morgan fingerprint density at radius 2 is 2.07 bits per heavy atom. The van der Waals surface area contributed by atoms with Crippen LogP contribution in [0.15, 0.2) is 53.1 Å². The van der Waals surface area contributed by atoms with Crippen molar-refractivity contribution < 1.29 is 13.6 Å². The lowest BCUT2D eigenvalue weighted by Crippen LogP contribution is -2.10. The van der Waals surface area contributed by atoms with Crippen LogP contribution < -0.4 is 10.0 Å². The summed E-state index contributed by atoms with van der Waals surface area (Å²) in [6, 6.07) is 10.7. The molecule has 0 unspecified atom stereocenters. The smallest absolute Gasteiger partial charge is 0.291 e. The van der Waals surface area contributed by atoms with Gasteiger partial charge in [0.25, 0.3) is 11.9 Å². The van der Waals surface area contributed by atoms with E-state index >= 15 is 0 Å². The van der Waals surface area contributed by atoms with Crippen LogP contribution in [0.3, 0.4) is 0 Å². The van der Waals surface area contributed by atoms with E-state index in [-0.39, 0.29) is 5.76 Å². The number of nitrogens with one attached hydrogen (secondary N) is 3. The second-order valence-electron chi connectivity index (χ2n) is 6.59. The molecule has 3 aromatic heterocycles. The third kappa shape index (κ3) is 4.40. The number of imidazole rings is 1. The summed E-state index contributed by atoms with van der Waals surface area (Å²) in [6.07, 6.45) is 1.74. The molecule has 29 heavy (non-hydrogen) atoms. The van der Waals surface area contributed by atoms with Crippen LogP contribution in [0.2, 0.25) is 0 Å². The molecule has 0 fully saturated rings. The summed E-state index contributed by atoms with van der Waals surface area (Å²) < 4.78 is 20.9. The Bertz CT molecular complexity index is 1170. The van der Waals surface area contributed by atoms with Crippen LogP contribution in [0.25, 0.3) is 22.6 Å². The monoisotopic (exact) mass is 411 g/mol. The first-order chi connectivity index (χ1) is 14.0. The van der Waals surface area contributed by atoms with Crippen molar-refractivity contribution in [2.75, 3.05) is 10.0 Å². The molecule has 4 rings (SSSR count). The highest BCUT2D eigenvalue weighted by molar-refractivity contribution is 8.01. The van der Waals surface area contributed by atoms with E-state index in [0.717, 1.165) is 22.8 Å². The molecule has 0 saturated carbocycles. The predicted octanol–water partition coefficient (Wildman–Crippen LogP) is 5.08. The van der Waals surface area contributed by atoms with Crippen LogP contribution in [-0.2, 0) is 0 Å². The number of halogens is 1. The average molecular weight is 411 g/mol. The van der Waals surface area contributed by atoms with Crippen LogP contribution in [0.4, 0.5) is 15.8 Å². The molecule has 0 spiro atoms. The summed E-state index contributed by atoms with van der Waals surface area (Å²) in [5.74, 6) is -0.00265. The molecule has 4 aromatic rings. The van der Waals surface area contributed by atoms with Gasteiger partial charge < -0.3 is 19.4 Å². The zero-order valence-electron chi connectivity index (χ0n) is 15.7. The van der Waals surface area contributed by atoms with Gasteiger partial charge >= 0.3 is 0 Å². The highest BCUT2D eigenvalue weighted by atomic mass is 32.2. The maximum Gasteiger partial charge on any atom is 0.291 e. The van der Waals surface area contributed by atoms with E-state index in [1.54, 1.807) is 36.3 Å². The van der Waals surface area contributed by atoms with Crippen LogP contribution in [-0.4, -0.2) is 26.1 Å². The lowest BCUT2D eigenvalue weighted by atomic mass is 10.2. The maximum atomic E-state index is 13.0. The number of aromatic amines is 1. The van der Waals surface area contributed by atoms with Gasteiger partial charge in [-0.3, -0.25) is 4.79 Å². The standard InChI is InChI=1S/C20H18FN5O2S/c1-11(2)29-26-14-9-15-19(22-10-14)25-18(24-15)12-4-3-5-13(8-12)23-20(27)16-6-7-17(21)28-16/h3-11,26H,1-2H3,(H,23,27)(H,22,24,25). The highest BCUT2D eigenvalue weighted by Crippen LogP contribution is 2.25. The minimum Gasteiger partial charge on any atom is -0.426 e. The SMILES string of the molecule is CC(C)SNc1cnc2nc(-c3cccc(NC(=O)c4ccc(F)o4)c3)[nH]c2c1. The van der Waals surface area contributed by atoms with Crippen molar-refractivity contribution in [1.29, 1.82) is 0 Å². The highest BCUT2D eigenvalue weighted by Gasteiger charge is 2.13. The van der Waals surface area contributed by atoms with Crippen LogP contribution >= 0.6 is 11.9 Å². The molecule has 1 amide bonds. The number of hydrogen-bond acceptors (Lipinski definition) is 6. The second kappa shape index (κ2) is 7.96. The van der Waals surface area contributed by atoms with Gasteiger partial charge in [0, 0.05) is 22.6 Å². The van der Waals surface area contributed by atoms with Gasteiger partial charge in [-0.25, -0.2) is 9.97 Å². The predicted molar refractivity (Wildman–Crippen MR) is 112 cm³/mol. The largest absolute Gasteiger partial charge is 0.426 e. The quantitative estimate of drug-likeness (QED) is 0.383. The van der Waals surface area contributed by atoms with E-state index in [9.17, 15) is 9.18 Å². The van der Waals surface area contributed by atoms with Gasteiger partial charge in [0.1, 0.15) is 5.82 Å². The summed E-state index contributed by atoms with van der Waals surface area (Å²) in [5, 5.41) is 3.13. The third-order valence-corrected chi connectivity index (χ3v) is 4.77. The molecule has 3 N–H and O–H groups in total. The molecule has 3 heterocycles. The van der Waals surface area contributed by atoms with Gasteiger partial charge in [-0.05, 0) is 36.2 Å². The summed E-state index contributed by atoms with van der Waals surface area (Å²) >= 11 is 1.61. The summed E-state index contributed by atoms with van der Waals surface area (Å²) in [6.45, 7) is 4.21. The molecule has 0 aliphatic rings. The first-order valence-electron chi connectivity index (χ1n) is 8.92. The van der Waals surface area contributed by atoms with Gasteiger partial charge in [-0.1, -0.05) is 26.0 Å². The lowest BCUT2D eigenvalue weighted by molar-refractivity contribution is 0.0988. The topological polar surface area (TPSA) is 95.8 Å². The number of hydrogen-bond donors (Lipinski definition) is 3. The minimum atomic E-state index is -0.806. The number of rotatable bonds is 6. The van der Waals surface area contributed by atoms with Crippen LogP contribution in [0, 0.1) is 6.01 Å². The summed E-state index contributed by atoms with van der Waals surface area (Å²) in [4.78, 5) is 24.3. The lowest BCUT2D eigenvalue weighted by Gasteiger charge is -2.06. The Morgan fingerprint density at radius 1 is 1.21 bits per heavy atom. The first kappa shape index (κ1) is 19.0. The molecular formula is C20H18FN5O2S. The fourth-order valence-electron chi connectivity index (χ4n) is 2.65. The second-order valence-corrected chi connectivity index (χ2v) is 7.97. The number of pyridine rings is 1. The molecule has 0 aliphatic carbocycles.